The third-order valence-corrected chi connectivity index (χ3v) is 4.51. The smallest absolute Gasteiger partial charge is 0.147 e. The summed E-state index contributed by atoms with van der Waals surface area (Å²) >= 11 is 0. The molecule has 0 amide bonds. The van der Waals surface area contributed by atoms with Gasteiger partial charge in [-0.15, -0.1) is 10.2 Å². The van der Waals surface area contributed by atoms with Crippen molar-refractivity contribution in [3.05, 3.63) is 47.5 Å². The molecule has 0 unspecified atom stereocenters. The van der Waals surface area contributed by atoms with E-state index in [2.05, 4.69) is 64.3 Å². The molecule has 0 spiro atoms. The van der Waals surface area contributed by atoms with Crippen LogP contribution in [0, 0.1) is 6.92 Å². The van der Waals surface area contributed by atoms with Crippen molar-refractivity contribution in [2.45, 2.75) is 58.2 Å². The first-order valence-corrected chi connectivity index (χ1v) is 7.85. The number of aromatic nitrogens is 3. The summed E-state index contributed by atoms with van der Waals surface area (Å²) in [6.07, 6.45) is 2.53. The Bertz CT molecular complexity index is 586. The van der Waals surface area contributed by atoms with Crippen LogP contribution in [0.25, 0.3) is 0 Å². The van der Waals surface area contributed by atoms with Gasteiger partial charge in [0.05, 0.1) is 6.54 Å². The molecule has 1 heterocycles. The van der Waals surface area contributed by atoms with Crippen molar-refractivity contribution in [3.8, 4) is 0 Å². The van der Waals surface area contributed by atoms with Gasteiger partial charge in [0.15, 0.2) is 0 Å². The van der Waals surface area contributed by atoms with Gasteiger partial charge in [0.2, 0.25) is 0 Å². The second kappa shape index (κ2) is 5.98. The molecular formula is C17H24N4. The molecule has 0 saturated heterocycles. The molecule has 4 nitrogen and oxygen atoms in total. The van der Waals surface area contributed by atoms with Crippen molar-refractivity contribution >= 4 is 0 Å². The van der Waals surface area contributed by atoms with Gasteiger partial charge in [-0.3, -0.25) is 0 Å². The molecule has 112 valence electrons. The molecule has 4 heteroatoms. The van der Waals surface area contributed by atoms with E-state index in [1.807, 2.05) is 6.92 Å². The average Bonchev–Trinajstić information content (AvgIpc) is 3.28. The van der Waals surface area contributed by atoms with E-state index in [-0.39, 0.29) is 0 Å². The summed E-state index contributed by atoms with van der Waals surface area (Å²) in [5.74, 6) is 2.59. The summed E-state index contributed by atoms with van der Waals surface area (Å²) in [5.41, 5.74) is 1.37. The Hall–Kier alpha value is -1.68. The van der Waals surface area contributed by atoms with Gasteiger partial charge < -0.3 is 9.88 Å². The molecule has 0 bridgehead atoms. The molecule has 3 rings (SSSR count). The standard InChI is InChI=1S/C17H24N4/c1-12(15-7-5-4-6-8-15)13(2)18-11-17-20-19-14(3)21(17)16-9-10-16/h4-8,12-13,16,18H,9-11H2,1-3H3/t12-,13+/m1/s1. The number of hydrogen-bond acceptors (Lipinski definition) is 3. The molecule has 1 saturated carbocycles. The largest absolute Gasteiger partial charge is 0.311 e. The topological polar surface area (TPSA) is 42.7 Å². The summed E-state index contributed by atoms with van der Waals surface area (Å²) in [4.78, 5) is 0. The summed E-state index contributed by atoms with van der Waals surface area (Å²) in [5, 5.41) is 12.2. The highest BCUT2D eigenvalue weighted by molar-refractivity contribution is 5.20. The maximum atomic E-state index is 4.33. The van der Waals surface area contributed by atoms with Gasteiger partial charge in [-0.25, -0.2) is 0 Å². The first-order valence-electron chi connectivity index (χ1n) is 7.85. The molecule has 1 aliphatic carbocycles. The van der Waals surface area contributed by atoms with Crippen LogP contribution < -0.4 is 5.32 Å². The van der Waals surface area contributed by atoms with Crippen LogP contribution in [-0.4, -0.2) is 20.8 Å². The van der Waals surface area contributed by atoms with Gasteiger partial charge in [-0.05, 0) is 38.2 Å². The zero-order valence-corrected chi connectivity index (χ0v) is 13.1. The van der Waals surface area contributed by atoms with E-state index in [1.165, 1.54) is 18.4 Å². The lowest BCUT2D eigenvalue weighted by Gasteiger charge is -2.21. The van der Waals surface area contributed by atoms with Crippen LogP contribution in [0.5, 0.6) is 0 Å². The summed E-state index contributed by atoms with van der Waals surface area (Å²) < 4.78 is 2.30. The third kappa shape index (κ3) is 3.16. The van der Waals surface area contributed by atoms with Crippen molar-refractivity contribution in [2.24, 2.45) is 0 Å². The maximum absolute atomic E-state index is 4.33. The van der Waals surface area contributed by atoms with Crippen molar-refractivity contribution in [2.75, 3.05) is 0 Å². The predicted molar refractivity (Wildman–Crippen MR) is 84.2 cm³/mol. The molecule has 21 heavy (non-hydrogen) atoms. The number of nitrogens with zero attached hydrogens (tertiary/aromatic N) is 3. The normalized spacial score (nSPS) is 17.7. The fourth-order valence-corrected chi connectivity index (χ4v) is 2.82. The van der Waals surface area contributed by atoms with Crippen LogP contribution in [0.1, 0.15) is 55.9 Å². The van der Waals surface area contributed by atoms with E-state index in [0.29, 0.717) is 18.0 Å². The Kier molecular flexibility index (Phi) is 4.06. The fourth-order valence-electron chi connectivity index (χ4n) is 2.82. The zero-order chi connectivity index (χ0) is 14.8. The van der Waals surface area contributed by atoms with Gasteiger partial charge in [-0.1, -0.05) is 37.3 Å². The number of hydrogen-bond donors (Lipinski definition) is 1. The highest BCUT2D eigenvalue weighted by Crippen LogP contribution is 2.36. The molecule has 2 atom stereocenters. The fraction of sp³-hybridized carbons (Fsp3) is 0.529. The van der Waals surface area contributed by atoms with Gasteiger partial charge in [0, 0.05) is 12.1 Å². The van der Waals surface area contributed by atoms with Gasteiger partial charge >= 0.3 is 0 Å². The highest BCUT2D eigenvalue weighted by atomic mass is 15.3. The van der Waals surface area contributed by atoms with E-state index in [9.17, 15) is 0 Å². The second-order valence-corrected chi connectivity index (χ2v) is 6.13. The van der Waals surface area contributed by atoms with E-state index in [4.69, 9.17) is 0 Å². The SMILES string of the molecule is Cc1nnc(CN[C@@H](C)[C@@H](C)c2ccccc2)n1C1CC1. The second-order valence-electron chi connectivity index (χ2n) is 6.13. The van der Waals surface area contributed by atoms with Crippen LogP contribution in [0.15, 0.2) is 30.3 Å². The molecule has 1 aromatic carbocycles. The van der Waals surface area contributed by atoms with Gasteiger partial charge in [0.1, 0.15) is 11.6 Å². The summed E-state index contributed by atoms with van der Waals surface area (Å²) in [6.45, 7) is 7.34. The molecule has 0 aliphatic heterocycles. The maximum Gasteiger partial charge on any atom is 0.147 e. The third-order valence-electron chi connectivity index (χ3n) is 4.51. The molecule has 1 aromatic heterocycles. The number of benzene rings is 1. The summed E-state index contributed by atoms with van der Waals surface area (Å²) in [6, 6.07) is 11.7. The molecule has 2 aromatic rings. The molecular weight excluding hydrogens is 260 g/mol. The number of nitrogens with one attached hydrogen (secondary N) is 1. The van der Waals surface area contributed by atoms with Crippen LogP contribution in [-0.2, 0) is 6.54 Å². The lowest BCUT2D eigenvalue weighted by Crippen LogP contribution is -2.31. The predicted octanol–water partition coefficient (Wildman–Crippen LogP) is 3.20. The summed E-state index contributed by atoms with van der Waals surface area (Å²) in [7, 11) is 0. The van der Waals surface area contributed by atoms with E-state index in [1.54, 1.807) is 0 Å². The van der Waals surface area contributed by atoms with Gasteiger partial charge in [0.25, 0.3) is 0 Å². The minimum absolute atomic E-state index is 0.400. The number of rotatable bonds is 6. The number of aryl methyl sites for hydroxylation is 1. The molecule has 1 aliphatic rings. The minimum atomic E-state index is 0.400. The van der Waals surface area contributed by atoms with Crippen molar-refractivity contribution in [1.82, 2.24) is 20.1 Å². The van der Waals surface area contributed by atoms with Crippen LogP contribution >= 0.6 is 0 Å². The van der Waals surface area contributed by atoms with Crippen LogP contribution in [0.2, 0.25) is 0 Å². The van der Waals surface area contributed by atoms with Crippen molar-refractivity contribution in [1.29, 1.82) is 0 Å². The average molecular weight is 284 g/mol. The Morgan fingerprint density at radius 2 is 1.90 bits per heavy atom. The lowest BCUT2D eigenvalue weighted by atomic mass is 9.94. The Balaban J connectivity index is 1.62. The van der Waals surface area contributed by atoms with E-state index in [0.717, 1.165) is 18.2 Å². The van der Waals surface area contributed by atoms with Crippen molar-refractivity contribution in [3.63, 3.8) is 0 Å². The molecule has 1 fully saturated rings. The van der Waals surface area contributed by atoms with E-state index >= 15 is 0 Å². The van der Waals surface area contributed by atoms with Crippen molar-refractivity contribution < 1.29 is 0 Å². The minimum Gasteiger partial charge on any atom is -0.311 e. The first-order chi connectivity index (χ1) is 10.2. The first kappa shape index (κ1) is 14.3. The van der Waals surface area contributed by atoms with Gasteiger partial charge in [-0.2, -0.15) is 0 Å². The van der Waals surface area contributed by atoms with Crippen LogP contribution in [0.3, 0.4) is 0 Å². The molecule has 1 N–H and O–H groups in total. The monoisotopic (exact) mass is 284 g/mol. The Morgan fingerprint density at radius 3 is 2.57 bits per heavy atom. The molecule has 0 radical (unpaired) electrons. The van der Waals surface area contributed by atoms with Crippen LogP contribution in [0.4, 0.5) is 0 Å². The highest BCUT2D eigenvalue weighted by Gasteiger charge is 2.28. The van der Waals surface area contributed by atoms with E-state index < -0.39 is 0 Å². The lowest BCUT2D eigenvalue weighted by molar-refractivity contribution is 0.463. The zero-order valence-electron chi connectivity index (χ0n) is 13.1. The Labute approximate surface area is 126 Å². The Morgan fingerprint density at radius 1 is 1.19 bits per heavy atom. The quantitative estimate of drug-likeness (QED) is 0.885.